The number of benzene rings is 4. The van der Waals surface area contributed by atoms with E-state index in [9.17, 15) is 25.6 Å². The monoisotopic (exact) mass is 946 g/mol. The number of rotatable bonds is 8. The van der Waals surface area contributed by atoms with E-state index in [-0.39, 0.29) is 10.8 Å². The summed E-state index contributed by atoms with van der Waals surface area (Å²) in [6.07, 6.45) is 0. The van der Waals surface area contributed by atoms with Gasteiger partial charge in [0, 0.05) is 74.2 Å². The normalized spacial score (nSPS) is 15.8. The molecule has 0 bridgehead atoms. The lowest BCUT2D eigenvalue weighted by Gasteiger charge is -2.33. The molecule has 0 saturated carbocycles. The Balaban J connectivity index is 0.000000191. The third kappa shape index (κ3) is 10.6. The molecule has 10 nitrogen and oxygen atoms in total. The van der Waals surface area contributed by atoms with Crippen LogP contribution in [0, 0.1) is 25.5 Å². The molecular weight excluding hydrogens is 891 g/mol. The smallest absolute Gasteiger partial charge is 0.243 e. The van der Waals surface area contributed by atoms with Crippen LogP contribution in [0.25, 0.3) is 22.5 Å². The van der Waals surface area contributed by atoms with E-state index in [1.165, 1.54) is 32.8 Å². The third-order valence-corrected chi connectivity index (χ3v) is 17.4. The zero-order valence-electron chi connectivity index (χ0n) is 37.6. The topological polar surface area (TPSA) is 107 Å². The van der Waals surface area contributed by atoms with E-state index in [0.717, 1.165) is 44.8 Å². The number of sulfonamides is 2. The molecule has 64 heavy (non-hydrogen) atoms. The summed E-state index contributed by atoms with van der Waals surface area (Å²) in [5.41, 5.74) is 7.87. The fourth-order valence-corrected chi connectivity index (χ4v) is 12.1. The molecule has 6 aromatic rings. The van der Waals surface area contributed by atoms with Gasteiger partial charge in [-0.1, -0.05) is 77.9 Å². The third-order valence-electron chi connectivity index (χ3n) is 11.7. The van der Waals surface area contributed by atoms with E-state index < -0.39 is 31.7 Å². The molecule has 4 heterocycles. The van der Waals surface area contributed by atoms with Crippen molar-refractivity contribution in [2.75, 3.05) is 62.2 Å². The average Bonchev–Trinajstić information content (AvgIpc) is 3.97. The van der Waals surface area contributed by atoms with E-state index in [1.807, 2.05) is 29.2 Å². The molecule has 16 heteroatoms. The Morgan fingerprint density at radius 2 is 0.891 bits per heavy atom. The largest absolute Gasteiger partial charge is 0.345 e. The van der Waals surface area contributed by atoms with E-state index in [1.54, 1.807) is 45.3 Å². The van der Waals surface area contributed by atoms with Crippen molar-refractivity contribution in [1.29, 1.82) is 0 Å². The van der Waals surface area contributed by atoms with Crippen molar-refractivity contribution in [3.8, 4) is 22.5 Å². The Morgan fingerprint density at radius 3 is 1.27 bits per heavy atom. The van der Waals surface area contributed by atoms with Gasteiger partial charge in [0.2, 0.25) is 20.0 Å². The number of nitrogens with zero attached hydrogens (tertiary/aromatic N) is 6. The molecule has 0 amide bonds. The minimum absolute atomic E-state index is 0.00223. The number of thiazole rings is 2. The van der Waals surface area contributed by atoms with Crippen LogP contribution in [0.2, 0.25) is 0 Å². The Morgan fingerprint density at radius 1 is 0.500 bits per heavy atom. The van der Waals surface area contributed by atoms with Gasteiger partial charge >= 0.3 is 0 Å². The molecule has 0 radical (unpaired) electrons. The summed E-state index contributed by atoms with van der Waals surface area (Å²) >= 11 is 3.02. The van der Waals surface area contributed by atoms with Gasteiger partial charge in [-0.15, -0.1) is 22.7 Å². The zero-order valence-corrected chi connectivity index (χ0v) is 40.9. The minimum atomic E-state index is -3.56. The fraction of sp³-hybridized carbons (Fsp3) is 0.375. The summed E-state index contributed by atoms with van der Waals surface area (Å²) in [6.45, 7) is 20.8. The van der Waals surface area contributed by atoms with E-state index in [4.69, 9.17) is 4.98 Å². The molecule has 2 saturated heterocycles. The molecule has 2 aliphatic rings. The highest BCUT2D eigenvalue weighted by Gasteiger charge is 2.31. The quantitative estimate of drug-likeness (QED) is 0.149. The van der Waals surface area contributed by atoms with Crippen LogP contribution in [-0.4, -0.2) is 87.8 Å². The van der Waals surface area contributed by atoms with E-state index in [2.05, 4.69) is 88.9 Å². The number of aromatic nitrogens is 2. The Hall–Kier alpha value is -4.58. The summed E-state index contributed by atoms with van der Waals surface area (Å²) in [5, 5.41) is 5.56. The molecule has 0 aliphatic carbocycles. The van der Waals surface area contributed by atoms with Crippen LogP contribution in [0.4, 0.5) is 19.0 Å². The highest BCUT2D eigenvalue weighted by Crippen LogP contribution is 2.33. The Bertz CT molecular complexity index is 2610. The maximum atomic E-state index is 13.5. The maximum Gasteiger partial charge on any atom is 0.243 e. The van der Waals surface area contributed by atoms with Crippen LogP contribution >= 0.6 is 22.7 Å². The molecule has 340 valence electrons. The number of piperazine rings is 2. The van der Waals surface area contributed by atoms with E-state index >= 15 is 0 Å². The standard InChI is InChI=1S/C25H31N3O2S2.C23H25F2N3O2S2/c1-18-6-7-20(16-19(18)2)23-17-31-24(26-23)27-12-14-28(15-13-27)32(29,30)22-10-8-21(9-11-22)25(3,4)5;1-23(2,3)17-5-7-18(8-6-17)32(29,30)28-12-10-27(11-13-28)22-26-21(15-31-22)16-4-9-19(24)20(25)14-16/h6-11,16-17H,12-15H2,1-5H3;4-9,14-15H,10-13H2,1-3H3. The van der Waals surface area contributed by atoms with Crippen molar-refractivity contribution in [2.45, 2.75) is 76.0 Å². The van der Waals surface area contributed by atoms with Gasteiger partial charge in [0.1, 0.15) is 0 Å². The number of hydrogen-bond donors (Lipinski definition) is 0. The minimum Gasteiger partial charge on any atom is -0.345 e. The number of anilines is 2. The highest BCUT2D eigenvalue weighted by molar-refractivity contribution is 7.89. The van der Waals surface area contributed by atoms with Crippen molar-refractivity contribution in [1.82, 2.24) is 18.6 Å². The van der Waals surface area contributed by atoms with Crippen molar-refractivity contribution < 1.29 is 25.6 Å². The second kappa shape index (κ2) is 18.7. The van der Waals surface area contributed by atoms with Crippen LogP contribution < -0.4 is 9.80 Å². The Labute approximate surface area is 385 Å². The van der Waals surface area contributed by atoms with Crippen LogP contribution in [0.3, 0.4) is 0 Å². The molecule has 8 rings (SSSR count). The summed E-state index contributed by atoms with van der Waals surface area (Å²) in [4.78, 5) is 14.2. The fourth-order valence-electron chi connectivity index (χ4n) is 7.43. The number of halogens is 2. The molecule has 0 spiro atoms. The molecular formula is C48H56F2N6O4S4. The second-order valence-electron chi connectivity index (χ2n) is 18.3. The summed E-state index contributed by atoms with van der Waals surface area (Å²) in [5.74, 6) is -1.80. The lowest BCUT2D eigenvalue weighted by Crippen LogP contribution is -2.48. The summed E-state index contributed by atoms with van der Waals surface area (Å²) in [6, 6.07) is 24.5. The van der Waals surface area contributed by atoms with Gasteiger partial charge in [-0.2, -0.15) is 8.61 Å². The predicted octanol–water partition coefficient (Wildman–Crippen LogP) is 10.1. The van der Waals surface area contributed by atoms with E-state index in [0.29, 0.717) is 73.4 Å². The predicted molar refractivity (Wildman–Crippen MR) is 257 cm³/mol. The molecule has 0 N–H and O–H groups in total. The number of aryl methyl sites for hydroxylation is 2. The van der Waals surface area contributed by atoms with Gasteiger partial charge in [0.05, 0.1) is 21.2 Å². The Kier molecular flexibility index (Phi) is 13.9. The molecule has 2 fully saturated rings. The first-order valence-electron chi connectivity index (χ1n) is 21.3. The molecule has 0 atom stereocenters. The van der Waals surface area contributed by atoms with Crippen LogP contribution in [0.1, 0.15) is 63.8 Å². The lowest BCUT2D eigenvalue weighted by molar-refractivity contribution is 0.384. The van der Waals surface area contributed by atoms with Crippen molar-refractivity contribution in [3.05, 3.63) is 130 Å². The second-order valence-corrected chi connectivity index (χ2v) is 23.8. The van der Waals surface area contributed by atoms with Crippen molar-refractivity contribution >= 4 is 53.0 Å². The highest BCUT2D eigenvalue weighted by atomic mass is 32.2. The van der Waals surface area contributed by atoms with Crippen LogP contribution in [0.15, 0.2) is 105 Å². The maximum absolute atomic E-state index is 13.5. The first-order valence-corrected chi connectivity index (χ1v) is 25.9. The first kappa shape index (κ1) is 47.4. The van der Waals surface area contributed by atoms with Gasteiger partial charge in [-0.05, 0) is 95.5 Å². The van der Waals surface area contributed by atoms with Crippen molar-refractivity contribution in [3.63, 3.8) is 0 Å². The first-order chi connectivity index (χ1) is 30.1. The van der Waals surface area contributed by atoms with Crippen molar-refractivity contribution in [2.24, 2.45) is 0 Å². The van der Waals surface area contributed by atoms with Gasteiger partial charge in [0.25, 0.3) is 0 Å². The molecule has 2 aliphatic heterocycles. The molecule has 2 aromatic heterocycles. The van der Waals surface area contributed by atoms with Gasteiger partial charge in [0.15, 0.2) is 21.9 Å². The van der Waals surface area contributed by atoms with Crippen LogP contribution in [0.5, 0.6) is 0 Å². The average molecular weight is 947 g/mol. The van der Waals surface area contributed by atoms with Gasteiger partial charge < -0.3 is 9.80 Å². The van der Waals surface area contributed by atoms with Crippen LogP contribution in [-0.2, 0) is 30.9 Å². The van der Waals surface area contributed by atoms with Gasteiger partial charge in [-0.25, -0.2) is 35.6 Å². The molecule has 0 unspecified atom stereocenters. The number of hydrogen-bond acceptors (Lipinski definition) is 10. The molecule has 4 aromatic carbocycles. The summed E-state index contributed by atoms with van der Waals surface area (Å²) < 4.78 is 82.2. The zero-order chi connectivity index (χ0) is 46.2. The summed E-state index contributed by atoms with van der Waals surface area (Å²) in [7, 11) is -7.05. The lowest BCUT2D eigenvalue weighted by atomic mass is 9.87. The SMILES string of the molecule is CC(C)(C)c1ccc(S(=O)(=O)N2CCN(c3nc(-c4ccc(F)c(F)c4)cs3)CC2)cc1.Cc1ccc(-c2csc(N3CCN(S(=O)(=O)c4ccc(C(C)(C)C)cc4)CC3)n2)cc1C. The van der Waals surface area contributed by atoms with Gasteiger partial charge in [-0.3, -0.25) is 0 Å².